The second-order valence-electron chi connectivity index (χ2n) is 4.69. The SMILES string of the molecule is Cc1ccc([C@H](CC#N)N2CCNCC2)c(F)c1. The van der Waals surface area contributed by atoms with Gasteiger partial charge in [-0.15, -0.1) is 0 Å². The molecule has 0 aliphatic carbocycles. The van der Waals surface area contributed by atoms with E-state index in [4.69, 9.17) is 5.26 Å². The van der Waals surface area contributed by atoms with Crippen molar-refractivity contribution in [2.45, 2.75) is 19.4 Å². The lowest BCUT2D eigenvalue weighted by Gasteiger charge is -2.34. The largest absolute Gasteiger partial charge is 0.314 e. The Morgan fingerprint density at radius 3 is 2.78 bits per heavy atom. The van der Waals surface area contributed by atoms with Crippen LogP contribution in [0.3, 0.4) is 0 Å². The summed E-state index contributed by atoms with van der Waals surface area (Å²) in [4.78, 5) is 2.19. The van der Waals surface area contributed by atoms with Crippen molar-refractivity contribution in [3.05, 3.63) is 35.1 Å². The van der Waals surface area contributed by atoms with Gasteiger partial charge in [-0.1, -0.05) is 12.1 Å². The summed E-state index contributed by atoms with van der Waals surface area (Å²) in [5.74, 6) is -0.200. The van der Waals surface area contributed by atoms with Crippen LogP contribution in [0.25, 0.3) is 0 Å². The van der Waals surface area contributed by atoms with Crippen LogP contribution in [0.15, 0.2) is 18.2 Å². The average Bonchev–Trinajstić information content (AvgIpc) is 2.38. The molecule has 1 heterocycles. The molecule has 1 aliphatic heterocycles. The molecule has 0 aromatic heterocycles. The van der Waals surface area contributed by atoms with E-state index < -0.39 is 0 Å². The van der Waals surface area contributed by atoms with E-state index in [1.165, 1.54) is 0 Å². The molecular formula is C14H18FN3. The summed E-state index contributed by atoms with van der Waals surface area (Å²) in [6.07, 6.45) is 0.333. The van der Waals surface area contributed by atoms with Crippen LogP contribution < -0.4 is 5.32 Å². The van der Waals surface area contributed by atoms with Crippen LogP contribution in [0.5, 0.6) is 0 Å². The second-order valence-corrected chi connectivity index (χ2v) is 4.69. The molecule has 1 aliphatic rings. The molecule has 4 heteroatoms. The number of nitrogens with one attached hydrogen (secondary N) is 1. The van der Waals surface area contributed by atoms with Crippen LogP contribution in [-0.2, 0) is 0 Å². The fourth-order valence-corrected chi connectivity index (χ4v) is 2.42. The van der Waals surface area contributed by atoms with Crippen LogP contribution in [-0.4, -0.2) is 31.1 Å². The summed E-state index contributed by atoms with van der Waals surface area (Å²) < 4.78 is 14.0. The Morgan fingerprint density at radius 1 is 1.44 bits per heavy atom. The summed E-state index contributed by atoms with van der Waals surface area (Å²) >= 11 is 0. The number of hydrogen-bond acceptors (Lipinski definition) is 3. The van der Waals surface area contributed by atoms with Crippen LogP contribution in [0.2, 0.25) is 0 Å². The Balaban J connectivity index is 2.25. The minimum absolute atomic E-state index is 0.127. The van der Waals surface area contributed by atoms with E-state index in [2.05, 4.69) is 16.3 Å². The van der Waals surface area contributed by atoms with Gasteiger partial charge in [0.15, 0.2) is 0 Å². The number of piperazine rings is 1. The Hall–Kier alpha value is -1.44. The number of nitrogens with zero attached hydrogens (tertiary/aromatic N) is 2. The van der Waals surface area contributed by atoms with Gasteiger partial charge in [0.05, 0.1) is 18.5 Å². The first-order chi connectivity index (χ1) is 8.72. The molecule has 0 radical (unpaired) electrons. The second kappa shape index (κ2) is 5.94. The molecule has 1 atom stereocenters. The first-order valence-electron chi connectivity index (χ1n) is 6.30. The van der Waals surface area contributed by atoms with Gasteiger partial charge in [-0.25, -0.2) is 4.39 Å². The number of benzene rings is 1. The zero-order valence-electron chi connectivity index (χ0n) is 10.6. The number of halogens is 1. The molecule has 1 N–H and O–H groups in total. The summed E-state index contributed by atoms with van der Waals surface area (Å²) in [5.41, 5.74) is 1.55. The molecule has 18 heavy (non-hydrogen) atoms. The standard InChI is InChI=1S/C14H18FN3/c1-11-2-3-12(13(15)10-11)14(4-5-16)18-8-6-17-7-9-18/h2-3,10,14,17H,4,6-9H2,1H3/t14-/m0/s1. The number of rotatable bonds is 3. The lowest BCUT2D eigenvalue weighted by atomic mass is 10.00. The molecule has 1 saturated heterocycles. The summed E-state index contributed by atoms with van der Waals surface area (Å²) in [7, 11) is 0. The van der Waals surface area contributed by atoms with Gasteiger partial charge in [0.25, 0.3) is 0 Å². The van der Waals surface area contributed by atoms with Crippen LogP contribution >= 0.6 is 0 Å². The summed E-state index contributed by atoms with van der Waals surface area (Å²) in [5, 5.41) is 12.2. The van der Waals surface area contributed by atoms with E-state index in [0.717, 1.165) is 31.7 Å². The molecular weight excluding hydrogens is 229 g/mol. The highest BCUT2D eigenvalue weighted by molar-refractivity contribution is 5.27. The highest BCUT2D eigenvalue weighted by Crippen LogP contribution is 2.27. The molecule has 3 nitrogen and oxygen atoms in total. The van der Waals surface area contributed by atoms with Gasteiger partial charge < -0.3 is 5.32 Å². The molecule has 0 amide bonds. The van der Waals surface area contributed by atoms with E-state index in [9.17, 15) is 4.39 Å². The fourth-order valence-electron chi connectivity index (χ4n) is 2.42. The van der Waals surface area contributed by atoms with E-state index in [1.54, 1.807) is 6.07 Å². The zero-order valence-corrected chi connectivity index (χ0v) is 10.6. The molecule has 2 rings (SSSR count). The molecule has 0 saturated carbocycles. The quantitative estimate of drug-likeness (QED) is 0.888. The highest BCUT2D eigenvalue weighted by atomic mass is 19.1. The molecule has 0 unspecified atom stereocenters. The predicted molar refractivity (Wildman–Crippen MR) is 68.6 cm³/mol. The number of hydrogen-bond donors (Lipinski definition) is 1. The van der Waals surface area contributed by atoms with Crippen molar-refractivity contribution < 1.29 is 4.39 Å². The van der Waals surface area contributed by atoms with Gasteiger partial charge in [0.1, 0.15) is 5.82 Å². The van der Waals surface area contributed by atoms with Gasteiger partial charge >= 0.3 is 0 Å². The molecule has 0 spiro atoms. The highest BCUT2D eigenvalue weighted by Gasteiger charge is 2.24. The minimum Gasteiger partial charge on any atom is -0.314 e. The molecule has 1 fully saturated rings. The van der Waals surface area contributed by atoms with E-state index in [-0.39, 0.29) is 11.9 Å². The Morgan fingerprint density at radius 2 is 2.17 bits per heavy atom. The van der Waals surface area contributed by atoms with Crippen LogP contribution in [0.4, 0.5) is 4.39 Å². The third-order valence-corrected chi connectivity index (χ3v) is 3.39. The van der Waals surface area contributed by atoms with Gasteiger partial charge in [0, 0.05) is 31.7 Å². The smallest absolute Gasteiger partial charge is 0.128 e. The first-order valence-corrected chi connectivity index (χ1v) is 6.30. The van der Waals surface area contributed by atoms with Gasteiger partial charge in [-0.05, 0) is 18.6 Å². The Kier molecular flexibility index (Phi) is 4.29. The fraction of sp³-hybridized carbons (Fsp3) is 0.500. The lowest BCUT2D eigenvalue weighted by Crippen LogP contribution is -2.45. The van der Waals surface area contributed by atoms with Gasteiger partial charge in [-0.3, -0.25) is 4.90 Å². The monoisotopic (exact) mass is 247 g/mol. The van der Waals surface area contributed by atoms with Gasteiger partial charge in [0.2, 0.25) is 0 Å². The van der Waals surface area contributed by atoms with Crippen molar-refractivity contribution in [3.8, 4) is 6.07 Å². The summed E-state index contributed by atoms with van der Waals surface area (Å²) in [6, 6.07) is 7.32. The normalized spacial score (nSPS) is 18.3. The van der Waals surface area contributed by atoms with Crippen molar-refractivity contribution >= 4 is 0 Å². The minimum atomic E-state index is -0.200. The van der Waals surface area contributed by atoms with Crippen LogP contribution in [0.1, 0.15) is 23.6 Å². The van der Waals surface area contributed by atoms with E-state index in [0.29, 0.717) is 12.0 Å². The van der Waals surface area contributed by atoms with Crippen LogP contribution in [0, 0.1) is 24.1 Å². The molecule has 1 aromatic rings. The summed E-state index contributed by atoms with van der Waals surface area (Å²) in [6.45, 7) is 5.39. The molecule has 0 bridgehead atoms. The zero-order chi connectivity index (χ0) is 13.0. The first kappa shape index (κ1) is 13.0. The topological polar surface area (TPSA) is 39.1 Å². The van der Waals surface area contributed by atoms with Crippen molar-refractivity contribution in [1.82, 2.24) is 10.2 Å². The molecule has 1 aromatic carbocycles. The van der Waals surface area contributed by atoms with Crippen molar-refractivity contribution in [1.29, 1.82) is 5.26 Å². The van der Waals surface area contributed by atoms with E-state index >= 15 is 0 Å². The lowest BCUT2D eigenvalue weighted by molar-refractivity contribution is 0.172. The van der Waals surface area contributed by atoms with Crippen molar-refractivity contribution in [2.24, 2.45) is 0 Å². The molecule has 96 valence electrons. The van der Waals surface area contributed by atoms with Gasteiger partial charge in [-0.2, -0.15) is 5.26 Å². The van der Waals surface area contributed by atoms with Crippen molar-refractivity contribution in [3.63, 3.8) is 0 Å². The Labute approximate surface area is 107 Å². The number of aryl methyl sites for hydroxylation is 1. The van der Waals surface area contributed by atoms with E-state index in [1.807, 2.05) is 19.1 Å². The predicted octanol–water partition coefficient (Wildman–Crippen LogP) is 1.99. The Bertz CT molecular complexity index is 447. The third kappa shape index (κ3) is 2.87. The maximum atomic E-state index is 14.0. The maximum absolute atomic E-state index is 14.0. The third-order valence-electron chi connectivity index (χ3n) is 3.39. The average molecular weight is 247 g/mol. The van der Waals surface area contributed by atoms with Crippen molar-refractivity contribution in [2.75, 3.05) is 26.2 Å². The maximum Gasteiger partial charge on any atom is 0.128 e. The number of nitriles is 1.